The zero-order valence-corrected chi connectivity index (χ0v) is 23.5. The largest absolute Gasteiger partial charge is 0.494 e. The Morgan fingerprint density at radius 3 is 2.50 bits per heavy atom. The second-order valence-electron chi connectivity index (χ2n) is 9.62. The molecule has 0 spiro atoms. The predicted octanol–water partition coefficient (Wildman–Crippen LogP) is 5.35. The summed E-state index contributed by atoms with van der Waals surface area (Å²) >= 11 is 1.52. The number of nitrogens with one attached hydrogen (secondary N) is 1. The molecule has 0 saturated heterocycles. The van der Waals surface area contributed by atoms with Crippen molar-refractivity contribution < 1.29 is 19.4 Å². The lowest BCUT2D eigenvalue weighted by atomic mass is 10.00. The van der Waals surface area contributed by atoms with Crippen LogP contribution in [0, 0.1) is 0 Å². The van der Waals surface area contributed by atoms with E-state index in [1.807, 2.05) is 61.5 Å². The Morgan fingerprint density at radius 1 is 1.02 bits per heavy atom. The van der Waals surface area contributed by atoms with Crippen LogP contribution >= 0.6 is 11.3 Å². The molecular weight excluding hydrogens is 526 g/mol. The molecule has 2 heterocycles. The molecule has 2 N–H and O–H groups in total. The molecule has 0 fully saturated rings. The molecule has 0 aliphatic heterocycles. The van der Waals surface area contributed by atoms with Crippen molar-refractivity contribution in [3.63, 3.8) is 0 Å². The number of H-pyrrole nitrogens is 1. The van der Waals surface area contributed by atoms with Gasteiger partial charge in [0.25, 0.3) is 0 Å². The van der Waals surface area contributed by atoms with Crippen molar-refractivity contribution >= 4 is 61.4 Å². The van der Waals surface area contributed by atoms with E-state index in [9.17, 15) is 14.7 Å². The zero-order valence-electron chi connectivity index (χ0n) is 22.6. The summed E-state index contributed by atoms with van der Waals surface area (Å²) < 4.78 is 5.84. The number of ether oxygens (including phenoxy) is 1. The predicted molar refractivity (Wildman–Crippen MR) is 159 cm³/mol. The molecule has 5 aromatic rings. The molecule has 5 rings (SSSR count). The summed E-state index contributed by atoms with van der Waals surface area (Å²) in [5.74, 6) is -0.506. The normalized spacial score (nSPS) is 11.9. The van der Waals surface area contributed by atoms with Crippen LogP contribution in [0.1, 0.15) is 27.9 Å². The highest BCUT2D eigenvalue weighted by Crippen LogP contribution is 2.33. The van der Waals surface area contributed by atoms with Gasteiger partial charge in [-0.05, 0) is 62.6 Å². The average molecular weight is 556 g/mol. The number of aromatic nitrogens is 2. The third-order valence-electron chi connectivity index (χ3n) is 6.67. The molecule has 40 heavy (non-hydrogen) atoms. The molecule has 0 bridgehead atoms. The Hall–Kier alpha value is -4.54. The lowest BCUT2D eigenvalue weighted by molar-refractivity contribution is -0.118. The molecule has 0 unspecified atom stereocenters. The van der Waals surface area contributed by atoms with Crippen molar-refractivity contribution in [2.45, 2.75) is 6.42 Å². The van der Waals surface area contributed by atoms with Crippen LogP contribution in [-0.4, -0.2) is 72.4 Å². The summed E-state index contributed by atoms with van der Waals surface area (Å²) in [4.78, 5) is 40.6. The smallest absolute Gasteiger partial charge is 0.337 e. The van der Waals surface area contributed by atoms with Gasteiger partial charge in [0.05, 0.1) is 45.4 Å². The van der Waals surface area contributed by atoms with Gasteiger partial charge >= 0.3 is 5.97 Å². The van der Waals surface area contributed by atoms with Crippen molar-refractivity contribution in [1.29, 1.82) is 0 Å². The molecule has 0 saturated carbocycles. The number of nitrogens with zero attached hydrogens (tertiary/aromatic N) is 4. The molecule has 0 radical (unpaired) electrons. The van der Waals surface area contributed by atoms with E-state index in [4.69, 9.17) is 9.73 Å². The first-order valence-electron chi connectivity index (χ1n) is 12.6. The number of rotatable bonds is 8. The summed E-state index contributed by atoms with van der Waals surface area (Å²) in [5.41, 5.74) is 6.89. The Bertz CT molecular complexity index is 1740. The van der Waals surface area contributed by atoms with Crippen LogP contribution in [0.4, 0.5) is 11.4 Å². The van der Waals surface area contributed by atoms with Crippen molar-refractivity contribution in [2.75, 3.05) is 39.7 Å². The maximum atomic E-state index is 12.6. The number of carbonyl (C=O) groups excluding carboxylic acids is 2. The summed E-state index contributed by atoms with van der Waals surface area (Å²) in [5, 5.41) is 11.8. The lowest BCUT2D eigenvalue weighted by Gasteiger charge is -2.19. The minimum Gasteiger partial charge on any atom is -0.494 e. The summed E-state index contributed by atoms with van der Waals surface area (Å²) in [6.45, 7) is 0.675. The first-order valence-corrected chi connectivity index (χ1v) is 13.5. The molecule has 0 aliphatic rings. The molecule has 1 amide bonds. The van der Waals surface area contributed by atoms with Gasteiger partial charge in [-0.3, -0.25) is 4.79 Å². The van der Waals surface area contributed by atoms with E-state index < -0.39 is 5.97 Å². The summed E-state index contributed by atoms with van der Waals surface area (Å²) in [6, 6.07) is 18.3. The van der Waals surface area contributed by atoms with Gasteiger partial charge in [0.15, 0.2) is 5.88 Å². The van der Waals surface area contributed by atoms with Crippen LogP contribution in [0.3, 0.4) is 0 Å². The SMILES string of the molecule is COC(=O)c1ccc2c(C(=Nc3ccc(N(C)C(=O)CCN(C)C)cc3)c3ccc4ncsc4c3)c(O)[nH]c2c1. The van der Waals surface area contributed by atoms with E-state index in [0.29, 0.717) is 46.4 Å². The summed E-state index contributed by atoms with van der Waals surface area (Å²) in [6.07, 6.45) is 0.422. The van der Waals surface area contributed by atoms with E-state index >= 15 is 0 Å². The van der Waals surface area contributed by atoms with Gasteiger partial charge in [-0.25, -0.2) is 14.8 Å². The quantitative estimate of drug-likeness (QED) is 0.197. The second kappa shape index (κ2) is 11.3. The molecule has 0 atom stereocenters. The topological polar surface area (TPSA) is 111 Å². The van der Waals surface area contributed by atoms with Crippen molar-refractivity contribution in [1.82, 2.24) is 14.9 Å². The fraction of sp³-hybridized carbons (Fsp3) is 0.200. The van der Waals surface area contributed by atoms with Gasteiger partial charge in [0.1, 0.15) is 0 Å². The number of carbonyl (C=O) groups is 2. The number of anilines is 1. The van der Waals surface area contributed by atoms with E-state index in [-0.39, 0.29) is 11.8 Å². The number of hydrogen-bond acceptors (Lipinski definition) is 8. The fourth-order valence-corrected chi connectivity index (χ4v) is 5.16. The zero-order chi connectivity index (χ0) is 28.4. The number of aliphatic imine (C=N–C) groups is 1. The molecule has 3 aromatic carbocycles. The monoisotopic (exact) mass is 555 g/mol. The Balaban J connectivity index is 1.58. The minimum atomic E-state index is -0.465. The van der Waals surface area contributed by atoms with Crippen LogP contribution in [-0.2, 0) is 9.53 Å². The Labute approximate surface area is 235 Å². The third kappa shape index (κ3) is 5.45. The number of thiazole rings is 1. The van der Waals surface area contributed by atoms with Crippen LogP contribution in [0.15, 0.2) is 71.2 Å². The number of esters is 1. The van der Waals surface area contributed by atoms with Gasteiger partial charge < -0.3 is 24.6 Å². The minimum absolute atomic E-state index is 0.0264. The number of aromatic hydroxyl groups is 1. The number of amides is 1. The van der Waals surface area contributed by atoms with Gasteiger partial charge in [0.2, 0.25) is 5.91 Å². The highest BCUT2D eigenvalue weighted by molar-refractivity contribution is 7.16. The Morgan fingerprint density at radius 2 is 1.77 bits per heavy atom. The van der Waals surface area contributed by atoms with Gasteiger partial charge in [-0.1, -0.05) is 12.1 Å². The molecule has 10 heteroatoms. The van der Waals surface area contributed by atoms with Crippen molar-refractivity contribution in [3.8, 4) is 5.88 Å². The van der Waals surface area contributed by atoms with Crippen molar-refractivity contribution in [3.05, 3.63) is 82.9 Å². The number of benzene rings is 3. The number of fused-ring (bicyclic) bond motifs is 2. The van der Waals surface area contributed by atoms with E-state index in [0.717, 1.165) is 21.5 Å². The average Bonchev–Trinajstić information content (AvgIpc) is 3.56. The highest BCUT2D eigenvalue weighted by Gasteiger charge is 2.21. The highest BCUT2D eigenvalue weighted by atomic mass is 32.1. The van der Waals surface area contributed by atoms with Crippen LogP contribution in [0.5, 0.6) is 5.88 Å². The second-order valence-corrected chi connectivity index (χ2v) is 10.5. The number of hydrogen-bond donors (Lipinski definition) is 2. The molecule has 2 aromatic heterocycles. The maximum absolute atomic E-state index is 12.6. The van der Waals surface area contributed by atoms with E-state index in [2.05, 4.69) is 9.97 Å². The van der Waals surface area contributed by atoms with Crippen LogP contribution < -0.4 is 4.90 Å². The summed E-state index contributed by atoms with van der Waals surface area (Å²) in [7, 11) is 6.97. The third-order valence-corrected chi connectivity index (χ3v) is 7.46. The van der Waals surface area contributed by atoms with Gasteiger partial charge in [0, 0.05) is 42.2 Å². The van der Waals surface area contributed by atoms with E-state index in [1.54, 1.807) is 35.7 Å². The number of methoxy groups -OCH3 is 1. The molecule has 0 aliphatic carbocycles. The van der Waals surface area contributed by atoms with Gasteiger partial charge in [-0.2, -0.15) is 0 Å². The number of aromatic amines is 1. The molecule has 204 valence electrons. The maximum Gasteiger partial charge on any atom is 0.337 e. The van der Waals surface area contributed by atoms with Gasteiger partial charge in [-0.15, -0.1) is 11.3 Å². The first-order chi connectivity index (χ1) is 19.2. The fourth-order valence-electron chi connectivity index (χ4n) is 4.45. The standard InChI is InChI=1S/C30H29N5O4S/c1-34(2)14-13-26(36)35(3)21-9-7-20(8-10-21)32-28(18-6-12-23-25(16-18)40-17-31-23)27-22-11-5-19(30(38)39-4)15-24(22)33-29(27)37/h5-12,15-17,33,37H,13-14H2,1-4H3. The first kappa shape index (κ1) is 27.0. The molecule has 9 nitrogen and oxygen atoms in total. The van der Waals surface area contributed by atoms with Crippen LogP contribution in [0.2, 0.25) is 0 Å². The van der Waals surface area contributed by atoms with Crippen LogP contribution in [0.25, 0.3) is 21.1 Å². The lowest BCUT2D eigenvalue weighted by Crippen LogP contribution is -2.29. The van der Waals surface area contributed by atoms with E-state index in [1.165, 1.54) is 18.4 Å². The Kier molecular flexibility index (Phi) is 7.63. The molecular formula is C30H29N5O4S. The van der Waals surface area contributed by atoms with Crippen molar-refractivity contribution in [2.24, 2.45) is 4.99 Å².